The van der Waals surface area contributed by atoms with E-state index in [0.29, 0.717) is 0 Å². The van der Waals surface area contributed by atoms with Crippen LogP contribution in [0.25, 0.3) is 0 Å². The van der Waals surface area contributed by atoms with E-state index in [2.05, 4.69) is 35.9 Å². The van der Waals surface area contributed by atoms with Gasteiger partial charge < -0.3 is 10.2 Å². The Bertz CT molecular complexity index is 192. The van der Waals surface area contributed by atoms with Crippen molar-refractivity contribution in [3.8, 4) is 0 Å². The third kappa shape index (κ3) is 3.36. The van der Waals surface area contributed by atoms with Crippen molar-refractivity contribution in [2.75, 3.05) is 31.6 Å². The number of thioether (sulfide) groups is 1. The van der Waals surface area contributed by atoms with E-state index in [1.165, 1.54) is 43.9 Å². The quantitative estimate of drug-likeness (QED) is 0.793. The maximum atomic E-state index is 3.66. The molecule has 0 aromatic carbocycles. The molecule has 0 aromatic heterocycles. The van der Waals surface area contributed by atoms with Gasteiger partial charge >= 0.3 is 0 Å². The number of hydrogen-bond donors (Lipinski definition) is 1. The normalized spacial score (nSPS) is 37.4. The molecule has 2 rings (SSSR count). The summed E-state index contributed by atoms with van der Waals surface area (Å²) in [4.78, 5) is 2.58. The van der Waals surface area contributed by atoms with Crippen LogP contribution >= 0.6 is 11.8 Å². The molecule has 0 aromatic rings. The van der Waals surface area contributed by atoms with Crippen LogP contribution in [0.3, 0.4) is 0 Å². The summed E-state index contributed by atoms with van der Waals surface area (Å²) in [6.45, 7) is 4.86. The predicted octanol–water partition coefficient (Wildman–Crippen LogP) is 1.81. The molecule has 2 saturated heterocycles. The second kappa shape index (κ2) is 5.55. The number of nitrogens with one attached hydrogen (secondary N) is 1. The maximum Gasteiger partial charge on any atom is 0.0197 e. The van der Waals surface area contributed by atoms with Crippen LogP contribution in [-0.2, 0) is 0 Å². The summed E-state index contributed by atoms with van der Waals surface area (Å²) in [6.07, 6.45) is 4.12. The molecule has 0 saturated carbocycles. The van der Waals surface area contributed by atoms with E-state index in [4.69, 9.17) is 0 Å². The highest BCUT2D eigenvalue weighted by molar-refractivity contribution is 7.99. The van der Waals surface area contributed by atoms with Crippen LogP contribution < -0.4 is 5.32 Å². The van der Waals surface area contributed by atoms with Gasteiger partial charge in [-0.1, -0.05) is 6.92 Å². The Balaban J connectivity index is 1.74. The predicted molar refractivity (Wildman–Crippen MR) is 68.5 cm³/mol. The first-order valence-corrected chi connectivity index (χ1v) is 7.42. The van der Waals surface area contributed by atoms with E-state index in [-0.39, 0.29) is 0 Å². The van der Waals surface area contributed by atoms with Gasteiger partial charge in [-0.2, -0.15) is 11.8 Å². The molecule has 2 heterocycles. The first-order chi connectivity index (χ1) is 7.25. The van der Waals surface area contributed by atoms with Gasteiger partial charge in [-0.05, 0) is 44.5 Å². The standard InChI is InChI=1S/C12H24N2S/c1-10-3-5-13-11(7-10)8-14(2)12-4-6-15-9-12/h10-13H,3-9H2,1-2H3. The molecule has 0 radical (unpaired) electrons. The summed E-state index contributed by atoms with van der Waals surface area (Å²) in [5, 5.41) is 3.66. The van der Waals surface area contributed by atoms with Gasteiger partial charge in [0.2, 0.25) is 0 Å². The average Bonchev–Trinajstić information content (AvgIpc) is 2.70. The first kappa shape index (κ1) is 11.7. The zero-order valence-corrected chi connectivity index (χ0v) is 10.9. The number of piperidine rings is 1. The molecular formula is C12H24N2S. The van der Waals surface area contributed by atoms with Crippen LogP contribution in [0.1, 0.15) is 26.2 Å². The minimum Gasteiger partial charge on any atom is -0.313 e. The number of nitrogens with zero attached hydrogens (tertiary/aromatic N) is 1. The largest absolute Gasteiger partial charge is 0.313 e. The molecule has 0 spiro atoms. The van der Waals surface area contributed by atoms with Crippen molar-refractivity contribution in [3.05, 3.63) is 0 Å². The number of rotatable bonds is 3. The van der Waals surface area contributed by atoms with Gasteiger partial charge in [0.1, 0.15) is 0 Å². The van der Waals surface area contributed by atoms with Crippen molar-refractivity contribution in [2.45, 2.75) is 38.3 Å². The monoisotopic (exact) mass is 228 g/mol. The number of likely N-dealkylation sites (N-methyl/N-ethyl adjacent to an activating group) is 1. The van der Waals surface area contributed by atoms with Crippen LogP contribution in [-0.4, -0.2) is 48.6 Å². The Morgan fingerprint density at radius 1 is 1.40 bits per heavy atom. The highest BCUT2D eigenvalue weighted by Gasteiger charge is 2.24. The minimum atomic E-state index is 0.740. The Morgan fingerprint density at radius 2 is 2.27 bits per heavy atom. The van der Waals surface area contributed by atoms with Crippen LogP contribution in [0.15, 0.2) is 0 Å². The van der Waals surface area contributed by atoms with Gasteiger partial charge in [0.15, 0.2) is 0 Å². The molecule has 0 bridgehead atoms. The van der Waals surface area contributed by atoms with Crippen molar-refractivity contribution in [2.24, 2.45) is 5.92 Å². The lowest BCUT2D eigenvalue weighted by atomic mass is 9.94. The van der Waals surface area contributed by atoms with E-state index in [9.17, 15) is 0 Å². The molecule has 88 valence electrons. The topological polar surface area (TPSA) is 15.3 Å². The van der Waals surface area contributed by atoms with Crippen molar-refractivity contribution in [1.29, 1.82) is 0 Å². The van der Waals surface area contributed by atoms with Crippen LogP contribution in [0.5, 0.6) is 0 Å². The van der Waals surface area contributed by atoms with Gasteiger partial charge in [-0.25, -0.2) is 0 Å². The summed E-state index contributed by atoms with van der Waals surface area (Å²) in [6, 6.07) is 1.58. The summed E-state index contributed by atoms with van der Waals surface area (Å²) >= 11 is 2.11. The summed E-state index contributed by atoms with van der Waals surface area (Å²) in [5.74, 6) is 3.63. The molecule has 2 nitrogen and oxygen atoms in total. The molecule has 0 amide bonds. The molecule has 2 aliphatic rings. The average molecular weight is 228 g/mol. The van der Waals surface area contributed by atoms with Gasteiger partial charge in [-0.3, -0.25) is 0 Å². The Kier molecular flexibility index (Phi) is 4.35. The summed E-state index contributed by atoms with van der Waals surface area (Å²) in [5.41, 5.74) is 0. The summed E-state index contributed by atoms with van der Waals surface area (Å²) in [7, 11) is 2.30. The molecule has 3 unspecified atom stereocenters. The molecule has 1 N–H and O–H groups in total. The molecule has 3 atom stereocenters. The Morgan fingerprint density at radius 3 is 2.93 bits per heavy atom. The molecule has 2 fully saturated rings. The molecule has 15 heavy (non-hydrogen) atoms. The second-order valence-electron chi connectivity index (χ2n) is 5.24. The SMILES string of the molecule is CC1CCNC(CN(C)C2CCSC2)C1. The first-order valence-electron chi connectivity index (χ1n) is 6.27. The third-order valence-electron chi connectivity index (χ3n) is 3.79. The van der Waals surface area contributed by atoms with E-state index in [1.807, 2.05) is 0 Å². The van der Waals surface area contributed by atoms with Crippen LogP contribution in [0.2, 0.25) is 0 Å². The van der Waals surface area contributed by atoms with Crippen LogP contribution in [0, 0.1) is 5.92 Å². The van der Waals surface area contributed by atoms with Gasteiger partial charge in [0.05, 0.1) is 0 Å². The van der Waals surface area contributed by atoms with Crippen molar-refractivity contribution >= 4 is 11.8 Å². The van der Waals surface area contributed by atoms with Gasteiger partial charge in [0.25, 0.3) is 0 Å². The molecule has 2 aliphatic heterocycles. The lowest BCUT2D eigenvalue weighted by Gasteiger charge is -2.33. The lowest BCUT2D eigenvalue weighted by Crippen LogP contribution is -2.47. The zero-order chi connectivity index (χ0) is 10.7. The van der Waals surface area contributed by atoms with E-state index in [0.717, 1.165) is 18.0 Å². The van der Waals surface area contributed by atoms with E-state index in [1.54, 1.807) is 0 Å². The van der Waals surface area contributed by atoms with Gasteiger partial charge in [-0.15, -0.1) is 0 Å². The fourth-order valence-corrected chi connectivity index (χ4v) is 4.02. The van der Waals surface area contributed by atoms with Gasteiger partial charge in [0, 0.05) is 24.4 Å². The van der Waals surface area contributed by atoms with Crippen molar-refractivity contribution < 1.29 is 0 Å². The maximum absolute atomic E-state index is 3.66. The fourth-order valence-electron chi connectivity index (χ4n) is 2.73. The lowest BCUT2D eigenvalue weighted by molar-refractivity contribution is 0.200. The molecule has 0 aliphatic carbocycles. The second-order valence-corrected chi connectivity index (χ2v) is 6.39. The number of hydrogen-bond acceptors (Lipinski definition) is 3. The zero-order valence-electron chi connectivity index (χ0n) is 10.0. The van der Waals surface area contributed by atoms with Crippen molar-refractivity contribution in [1.82, 2.24) is 10.2 Å². The summed E-state index contributed by atoms with van der Waals surface area (Å²) < 4.78 is 0. The van der Waals surface area contributed by atoms with E-state index < -0.39 is 0 Å². The highest BCUT2D eigenvalue weighted by Crippen LogP contribution is 2.22. The van der Waals surface area contributed by atoms with E-state index >= 15 is 0 Å². The third-order valence-corrected chi connectivity index (χ3v) is 4.94. The minimum absolute atomic E-state index is 0.740. The fraction of sp³-hybridized carbons (Fsp3) is 1.00. The van der Waals surface area contributed by atoms with Crippen molar-refractivity contribution in [3.63, 3.8) is 0 Å². The Hall–Kier alpha value is 0.270. The molecular weight excluding hydrogens is 204 g/mol. The highest BCUT2D eigenvalue weighted by atomic mass is 32.2. The molecule has 3 heteroatoms. The van der Waals surface area contributed by atoms with Crippen LogP contribution in [0.4, 0.5) is 0 Å². The Labute approximate surface area is 98.2 Å². The smallest absolute Gasteiger partial charge is 0.0197 e.